The van der Waals surface area contributed by atoms with E-state index in [2.05, 4.69) is 41.9 Å². The standard InChI is InChI=1S/C15H21N3O/c1-9-3-4-13-11(5-9)10(2)14(17-13)7-18-6-12(16)15(19)8-18/h3-5,12,15,17,19H,6-8,16H2,1-2H3/t12-,15-/m1/s1. The molecule has 2 aromatic rings. The Morgan fingerprint density at radius 1 is 1.37 bits per heavy atom. The lowest BCUT2D eigenvalue weighted by atomic mass is 10.1. The minimum atomic E-state index is -0.396. The van der Waals surface area contributed by atoms with Crippen molar-refractivity contribution in [3.8, 4) is 0 Å². The molecule has 0 unspecified atom stereocenters. The molecule has 2 heterocycles. The van der Waals surface area contributed by atoms with Gasteiger partial charge in [0, 0.05) is 42.3 Å². The van der Waals surface area contributed by atoms with Crippen LogP contribution in [0, 0.1) is 13.8 Å². The van der Waals surface area contributed by atoms with E-state index in [0.29, 0.717) is 6.54 Å². The molecule has 19 heavy (non-hydrogen) atoms. The molecule has 0 saturated carbocycles. The maximum atomic E-state index is 9.71. The van der Waals surface area contributed by atoms with Gasteiger partial charge in [0.05, 0.1) is 6.10 Å². The number of hydrogen-bond donors (Lipinski definition) is 3. The second-order valence-corrected chi connectivity index (χ2v) is 5.70. The summed E-state index contributed by atoms with van der Waals surface area (Å²) >= 11 is 0. The SMILES string of the molecule is Cc1ccc2[nH]c(CN3C[C@@H](N)[C@H](O)C3)c(C)c2c1. The van der Waals surface area contributed by atoms with Gasteiger partial charge >= 0.3 is 0 Å². The molecule has 1 aliphatic heterocycles. The monoisotopic (exact) mass is 259 g/mol. The summed E-state index contributed by atoms with van der Waals surface area (Å²) in [6.07, 6.45) is -0.396. The molecular weight excluding hydrogens is 238 g/mol. The molecule has 3 rings (SSSR count). The molecule has 102 valence electrons. The first-order valence-corrected chi connectivity index (χ1v) is 6.78. The van der Waals surface area contributed by atoms with Gasteiger partial charge in [0.15, 0.2) is 0 Å². The summed E-state index contributed by atoms with van der Waals surface area (Å²) in [6, 6.07) is 6.35. The summed E-state index contributed by atoms with van der Waals surface area (Å²) in [4.78, 5) is 5.69. The van der Waals surface area contributed by atoms with Gasteiger partial charge < -0.3 is 15.8 Å². The number of aromatic nitrogens is 1. The Labute approximate surface area is 113 Å². The van der Waals surface area contributed by atoms with Crippen molar-refractivity contribution < 1.29 is 5.11 Å². The average molecular weight is 259 g/mol. The minimum absolute atomic E-state index is 0.119. The van der Waals surface area contributed by atoms with E-state index in [0.717, 1.165) is 13.1 Å². The summed E-state index contributed by atoms with van der Waals surface area (Å²) in [5, 5.41) is 11.0. The largest absolute Gasteiger partial charge is 0.390 e. The number of aliphatic hydroxyl groups excluding tert-OH is 1. The van der Waals surface area contributed by atoms with Crippen molar-refractivity contribution in [3.05, 3.63) is 35.0 Å². The van der Waals surface area contributed by atoms with Crippen LogP contribution in [0.15, 0.2) is 18.2 Å². The predicted octanol–water partition coefficient (Wildman–Crippen LogP) is 1.29. The van der Waals surface area contributed by atoms with E-state index < -0.39 is 6.10 Å². The lowest BCUT2D eigenvalue weighted by Gasteiger charge is -2.14. The van der Waals surface area contributed by atoms with Gasteiger partial charge in [-0.15, -0.1) is 0 Å². The molecule has 4 heteroatoms. The summed E-state index contributed by atoms with van der Waals surface area (Å²) < 4.78 is 0. The molecule has 0 spiro atoms. The average Bonchev–Trinajstić information content (AvgIpc) is 2.83. The molecule has 0 bridgehead atoms. The van der Waals surface area contributed by atoms with Crippen LogP contribution in [0.3, 0.4) is 0 Å². The second-order valence-electron chi connectivity index (χ2n) is 5.70. The Kier molecular flexibility index (Phi) is 3.09. The van der Waals surface area contributed by atoms with Gasteiger partial charge in [0.1, 0.15) is 0 Å². The van der Waals surface area contributed by atoms with Crippen LogP contribution in [-0.2, 0) is 6.54 Å². The second kappa shape index (κ2) is 4.63. The summed E-state index contributed by atoms with van der Waals surface area (Å²) in [5.41, 5.74) is 10.8. The fourth-order valence-electron chi connectivity index (χ4n) is 2.90. The number of β-amino-alcohol motifs (C(OH)–C–C–N with tert-alkyl or cyclic N) is 1. The fraction of sp³-hybridized carbons (Fsp3) is 0.467. The molecule has 1 aromatic carbocycles. The van der Waals surface area contributed by atoms with Crippen molar-refractivity contribution in [1.29, 1.82) is 0 Å². The topological polar surface area (TPSA) is 65.3 Å². The molecule has 4 N–H and O–H groups in total. The van der Waals surface area contributed by atoms with Crippen molar-refractivity contribution in [2.75, 3.05) is 13.1 Å². The molecule has 4 nitrogen and oxygen atoms in total. The van der Waals surface area contributed by atoms with E-state index in [1.54, 1.807) is 0 Å². The van der Waals surface area contributed by atoms with E-state index in [9.17, 15) is 5.11 Å². The minimum Gasteiger partial charge on any atom is -0.390 e. The Morgan fingerprint density at radius 3 is 2.84 bits per heavy atom. The van der Waals surface area contributed by atoms with Gasteiger partial charge in [-0.25, -0.2) is 0 Å². The number of aliphatic hydroxyl groups is 1. The van der Waals surface area contributed by atoms with Crippen LogP contribution in [-0.4, -0.2) is 40.2 Å². The Morgan fingerprint density at radius 2 is 2.16 bits per heavy atom. The van der Waals surface area contributed by atoms with Crippen molar-refractivity contribution in [2.24, 2.45) is 5.73 Å². The number of fused-ring (bicyclic) bond motifs is 1. The highest BCUT2D eigenvalue weighted by atomic mass is 16.3. The van der Waals surface area contributed by atoms with E-state index in [1.165, 1.54) is 27.7 Å². The molecular formula is C15H21N3O. The highest BCUT2D eigenvalue weighted by molar-refractivity contribution is 5.85. The maximum absolute atomic E-state index is 9.71. The zero-order valence-electron chi connectivity index (χ0n) is 11.5. The molecule has 1 aromatic heterocycles. The van der Waals surface area contributed by atoms with Crippen molar-refractivity contribution in [3.63, 3.8) is 0 Å². The number of benzene rings is 1. The van der Waals surface area contributed by atoms with Gasteiger partial charge in [-0.1, -0.05) is 11.6 Å². The number of rotatable bonds is 2. The third-order valence-corrected chi connectivity index (χ3v) is 4.11. The van der Waals surface area contributed by atoms with E-state index in [-0.39, 0.29) is 6.04 Å². The van der Waals surface area contributed by atoms with Gasteiger partial charge in [-0.3, -0.25) is 4.90 Å². The zero-order chi connectivity index (χ0) is 13.6. The first-order chi connectivity index (χ1) is 9.04. The number of nitrogens with one attached hydrogen (secondary N) is 1. The van der Waals surface area contributed by atoms with Crippen LogP contribution in [0.4, 0.5) is 0 Å². The highest BCUT2D eigenvalue weighted by Gasteiger charge is 2.28. The Balaban J connectivity index is 1.87. The summed E-state index contributed by atoms with van der Waals surface area (Å²) in [5.74, 6) is 0. The first-order valence-electron chi connectivity index (χ1n) is 6.78. The van der Waals surface area contributed by atoms with E-state index >= 15 is 0 Å². The van der Waals surface area contributed by atoms with Crippen molar-refractivity contribution in [2.45, 2.75) is 32.5 Å². The van der Waals surface area contributed by atoms with E-state index in [1.807, 2.05) is 0 Å². The third kappa shape index (κ3) is 2.27. The lowest BCUT2D eigenvalue weighted by Crippen LogP contribution is -2.32. The lowest BCUT2D eigenvalue weighted by molar-refractivity contribution is 0.164. The number of hydrogen-bond acceptors (Lipinski definition) is 3. The Bertz CT molecular complexity index is 595. The van der Waals surface area contributed by atoms with Crippen LogP contribution in [0.2, 0.25) is 0 Å². The maximum Gasteiger partial charge on any atom is 0.0830 e. The predicted molar refractivity (Wildman–Crippen MR) is 77.0 cm³/mol. The number of aromatic amines is 1. The zero-order valence-corrected chi connectivity index (χ0v) is 11.5. The number of nitrogens with zero attached hydrogens (tertiary/aromatic N) is 1. The first kappa shape index (κ1) is 12.7. The van der Waals surface area contributed by atoms with Gasteiger partial charge in [0.25, 0.3) is 0 Å². The molecule has 2 atom stereocenters. The molecule has 0 radical (unpaired) electrons. The number of aryl methyl sites for hydroxylation is 2. The molecule has 1 aliphatic rings. The Hall–Kier alpha value is -1.36. The summed E-state index contributed by atoms with van der Waals surface area (Å²) in [7, 11) is 0. The normalized spacial score (nSPS) is 24.4. The highest BCUT2D eigenvalue weighted by Crippen LogP contribution is 2.24. The number of nitrogens with two attached hydrogens (primary N) is 1. The molecule has 0 aliphatic carbocycles. The fourth-order valence-corrected chi connectivity index (χ4v) is 2.90. The van der Waals surface area contributed by atoms with Gasteiger partial charge in [-0.05, 0) is 31.5 Å². The third-order valence-electron chi connectivity index (χ3n) is 4.11. The summed E-state index contributed by atoms with van der Waals surface area (Å²) in [6.45, 7) is 6.51. The van der Waals surface area contributed by atoms with Crippen molar-refractivity contribution >= 4 is 10.9 Å². The van der Waals surface area contributed by atoms with Crippen LogP contribution in [0.5, 0.6) is 0 Å². The van der Waals surface area contributed by atoms with E-state index in [4.69, 9.17) is 5.73 Å². The smallest absolute Gasteiger partial charge is 0.0830 e. The van der Waals surface area contributed by atoms with Gasteiger partial charge in [-0.2, -0.15) is 0 Å². The van der Waals surface area contributed by atoms with Crippen LogP contribution >= 0.6 is 0 Å². The van der Waals surface area contributed by atoms with Crippen LogP contribution < -0.4 is 5.73 Å². The number of likely N-dealkylation sites (tertiary alicyclic amines) is 1. The molecule has 0 amide bonds. The molecule has 1 fully saturated rings. The van der Waals surface area contributed by atoms with Crippen LogP contribution in [0.25, 0.3) is 10.9 Å². The number of H-pyrrole nitrogens is 1. The quantitative estimate of drug-likeness (QED) is 0.761. The molecule has 1 saturated heterocycles. The van der Waals surface area contributed by atoms with Crippen molar-refractivity contribution in [1.82, 2.24) is 9.88 Å². The van der Waals surface area contributed by atoms with Crippen LogP contribution in [0.1, 0.15) is 16.8 Å². The van der Waals surface area contributed by atoms with Gasteiger partial charge in [0.2, 0.25) is 0 Å².